The quantitative estimate of drug-likeness (QED) is 0.633. The van der Waals surface area contributed by atoms with Crippen molar-refractivity contribution in [1.29, 1.82) is 0 Å². The van der Waals surface area contributed by atoms with E-state index in [9.17, 15) is 4.79 Å². The summed E-state index contributed by atoms with van der Waals surface area (Å²) in [5, 5.41) is 3.36. The third kappa shape index (κ3) is 4.19. The van der Waals surface area contributed by atoms with Crippen LogP contribution in [-0.4, -0.2) is 28.8 Å². The molecule has 2 aromatic carbocycles. The number of benzene rings is 2. The van der Waals surface area contributed by atoms with Crippen molar-refractivity contribution in [2.75, 3.05) is 23.3 Å². The molecule has 28 heavy (non-hydrogen) atoms. The molecule has 1 saturated heterocycles. The van der Waals surface area contributed by atoms with Gasteiger partial charge in [0.15, 0.2) is 5.78 Å². The smallest absolute Gasteiger partial charge is 0.227 e. The lowest BCUT2D eigenvalue weighted by atomic mass is 10.1. The number of nitrogens with one attached hydrogen (secondary N) is 1. The maximum absolute atomic E-state index is 11.7. The number of Topliss-reactive ketones (excluding diaryl/α,β-unsaturated/α-hetero) is 1. The number of carbonyl (C=O) groups excluding carboxylic acids is 1. The minimum atomic E-state index is 0.0466. The van der Waals surface area contributed by atoms with Crippen molar-refractivity contribution in [1.82, 2.24) is 9.97 Å². The highest BCUT2D eigenvalue weighted by Crippen LogP contribution is 2.26. The van der Waals surface area contributed by atoms with Gasteiger partial charge in [-0.15, -0.1) is 0 Å². The summed E-state index contributed by atoms with van der Waals surface area (Å²) in [6, 6.07) is 19.6. The molecule has 0 bridgehead atoms. The number of hydrogen-bond donors (Lipinski definition) is 1. The molecule has 0 aliphatic carbocycles. The summed E-state index contributed by atoms with van der Waals surface area (Å²) in [6.45, 7) is 3.54. The van der Waals surface area contributed by atoms with E-state index in [1.165, 1.54) is 19.3 Å². The van der Waals surface area contributed by atoms with Gasteiger partial charge in [0.1, 0.15) is 5.82 Å². The Morgan fingerprint density at radius 2 is 1.71 bits per heavy atom. The molecule has 2 heterocycles. The molecule has 1 N–H and O–H groups in total. The normalized spacial score (nSPS) is 14.0. The first-order valence-corrected chi connectivity index (χ1v) is 9.76. The molecule has 0 saturated carbocycles. The van der Waals surface area contributed by atoms with Crippen LogP contribution in [0.5, 0.6) is 0 Å². The van der Waals surface area contributed by atoms with E-state index in [0.717, 1.165) is 41.8 Å². The summed E-state index contributed by atoms with van der Waals surface area (Å²) in [7, 11) is 0. The lowest BCUT2D eigenvalue weighted by Gasteiger charge is -2.27. The van der Waals surface area contributed by atoms with E-state index >= 15 is 0 Å². The highest BCUT2D eigenvalue weighted by molar-refractivity contribution is 5.95. The molecule has 142 valence electrons. The second kappa shape index (κ2) is 8.21. The van der Waals surface area contributed by atoms with Crippen LogP contribution in [0.25, 0.3) is 11.3 Å². The highest BCUT2D eigenvalue weighted by Gasteiger charge is 2.16. The zero-order chi connectivity index (χ0) is 19.3. The average Bonchev–Trinajstić information content (AvgIpc) is 2.75. The molecule has 0 unspecified atom stereocenters. The van der Waals surface area contributed by atoms with Gasteiger partial charge in [0.2, 0.25) is 5.95 Å². The minimum absolute atomic E-state index is 0.0466. The first-order valence-electron chi connectivity index (χ1n) is 9.76. The second-order valence-corrected chi connectivity index (χ2v) is 7.11. The van der Waals surface area contributed by atoms with Crippen molar-refractivity contribution in [2.45, 2.75) is 26.2 Å². The third-order valence-corrected chi connectivity index (χ3v) is 4.96. The van der Waals surface area contributed by atoms with Gasteiger partial charge in [-0.1, -0.05) is 42.5 Å². The Labute approximate surface area is 165 Å². The number of rotatable bonds is 5. The van der Waals surface area contributed by atoms with E-state index in [4.69, 9.17) is 9.97 Å². The molecule has 0 radical (unpaired) electrons. The number of piperidine rings is 1. The molecule has 0 atom stereocenters. The van der Waals surface area contributed by atoms with Crippen LogP contribution in [-0.2, 0) is 0 Å². The van der Waals surface area contributed by atoms with Crippen molar-refractivity contribution >= 4 is 23.2 Å². The van der Waals surface area contributed by atoms with E-state index in [2.05, 4.69) is 22.3 Å². The molecule has 0 spiro atoms. The van der Waals surface area contributed by atoms with Crippen LogP contribution >= 0.6 is 0 Å². The molecule has 1 fully saturated rings. The molecular weight excluding hydrogens is 348 g/mol. The third-order valence-electron chi connectivity index (χ3n) is 4.96. The molecule has 1 aliphatic rings. The molecule has 0 amide bonds. The van der Waals surface area contributed by atoms with Gasteiger partial charge in [0, 0.05) is 36.0 Å². The number of carbonyl (C=O) groups is 1. The first-order chi connectivity index (χ1) is 13.7. The Balaban J connectivity index is 1.71. The monoisotopic (exact) mass is 372 g/mol. The Kier molecular flexibility index (Phi) is 5.33. The maximum Gasteiger partial charge on any atom is 0.227 e. The number of hydrogen-bond acceptors (Lipinski definition) is 5. The molecular formula is C23H24N4O. The Hall–Kier alpha value is -3.21. The van der Waals surface area contributed by atoms with Crippen molar-refractivity contribution in [3.8, 4) is 11.3 Å². The summed E-state index contributed by atoms with van der Waals surface area (Å²) in [4.78, 5) is 23.6. The zero-order valence-corrected chi connectivity index (χ0v) is 16.1. The van der Waals surface area contributed by atoms with Gasteiger partial charge in [-0.2, -0.15) is 4.98 Å². The molecule has 1 aliphatic heterocycles. The lowest BCUT2D eigenvalue weighted by Crippen LogP contribution is -2.31. The largest absolute Gasteiger partial charge is 0.341 e. The van der Waals surface area contributed by atoms with Crippen LogP contribution in [0.2, 0.25) is 0 Å². The van der Waals surface area contributed by atoms with Crippen LogP contribution in [0.1, 0.15) is 36.5 Å². The molecule has 1 aromatic heterocycles. The number of anilines is 3. The van der Waals surface area contributed by atoms with Gasteiger partial charge in [-0.05, 0) is 38.3 Å². The summed E-state index contributed by atoms with van der Waals surface area (Å²) < 4.78 is 0. The van der Waals surface area contributed by atoms with Crippen molar-refractivity contribution in [3.63, 3.8) is 0 Å². The van der Waals surface area contributed by atoms with E-state index < -0.39 is 0 Å². The van der Waals surface area contributed by atoms with Gasteiger partial charge in [0.25, 0.3) is 0 Å². The number of aromatic nitrogens is 2. The fourth-order valence-electron chi connectivity index (χ4n) is 3.45. The van der Waals surface area contributed by atoms with Crippen LogP contribution < -0.4 is 10.2 Å². The van der Waals surface area contributed by atoms with Crippen LogP contribution in [0.3, 0.4) is 0 Å². The summed E-state index contributed by atoms with van der Waals surface area (Å²) in [5.74, 6) is 1.53. The Morgan fingerprint density at radius 3 is 2.46 bits per heavy atom. The van der Waals surface area contributed by atoms with E-state index in [1.54, 1.807) is 6.92 Å². The Bertz CT molecular complexity index is 965. The van der Waals surface area contributed by atoms with Crippen molar-refractivity contribution in [3.05, 3.63) is 66.2 Å². The van der Waals surface area contributed by atoms with Gasteiger partial charge in [-0.25, -0.2) is 4.98 Å². The SMILES string of the molecule is CC(=O)c1cccc(Nc2cc(-c3ccccc3)nc(N3CCCCC3)n2)c1. The predicted molar refractivity (Wildman–Crippen MR) is 113 cm³/mol. The lowest BCUT2D eigenvalue weighted by molar-refractivity contribution is 0.101. The number of nitrogens with zero attached hydrogens (tertiary/aromatic N) is 3. The van der Waals surface area contributed by atoms with E-state index in [-0.39, 0.29) is 5.78 Å². The fraction of sp³-hybridized carbons (Fsp3) is 0.261. The van der Waals surface area contributed by atoms with Crippen molar-refractivity contribution < 1.29 is 4.79 Å². The highest BCUT2D eigenvalue weighted by atomic mass is 16.1. The summed E-state index contributed by atoms with van der Waals surface area (Å²) in [5.41, 5.74) is 3.47. The Morgan fingerprint density at radius 1 is 0.929 bits per heavy atom. The van der Waals surface area contributed by atoms with Gasteiger partial charge < -0.3 is 10.2 Å². The first kappa shape index (κ1) is 18.2. The van der Waals surface area contributed by atoms with Crippen LogP contribution in [0.15, 0.2) is 60.7 Å². The van der Waals surface area contributed by atoms with Crippen LogP contribution in [0, 0.1) is 0 Å². The number of ketones is 1. The summed E-state index contributed by atoms with van der Waals surface area (Å²) >= 11 is 0. The van der Waals surface area contributed by atoms with Gasteiger partial charge in [-0.3, -0.25) is 4.79 Å². The van der Waals surface area contributed by atoms with Gasteiger partial charge >= 0.3 is 0 Å². The molecule has 5 nitrogen and oxygen atoms in total. The molecule has 4 rings (SSSR count). The maximum atomic E-state index is 11.7. The zero-order valence-electron chi connectivity index (χ0n) is 16.1. The van der Waals surface area contributed by atoms with Crippen molar-refractivity contribution in [2.24, 2.45) is 0 Å². The molecule has 5 heteroatoms. The molecule has 3 aromatic rings. The predicted octanol–water partition coefficient (Wildman–Crippen LogP) is 5.08. The topological polar surface area (TPSA) is 58.1 Å². The van der Waals surface area contributed by atoms with E-state index in [0.29, 0.717) is 5.56 Å². The van der Waals surface area contributed by atoms with Gasteiger partial charge in [0.05, 0.1) is 5.69 Å². The minimum Gasteiger partial charge on any atom is -0.341 e. The average molecular weight is 372 g/mol. The second-order valence-electron chi connectivity index (χ2n) is 7.11. The fourth-order valence-corrected chi connectivity index (χ4v) is 3.45. The van der Waals surface area contributed by atoms with E-state index in [1.807, 2.05) is 48.5 Å². The van der Waals surface area contributed by atoms with Crippen LogP contribution in [0.4, 0.5) is 17.5 Å². The summed E-state index contributed by atoms with van der Waals surface area (Å²) in [6.07, 6.45) is 3.60. The standard InChI is InChI=1S/C23H24N4O/c1-17(28)19-11-8-12-20(15-19)24-22-16-21(18-9-4-2-5-10-18)25-23(26-22)27-13-6-3-7-14-27/h2,4-5,8-12,15-16H,3,6-7,13-14H2,1H3,(H,24,25,26).